The van der Waals surface area contributed by atoms with Crippen LogP contribution in [0.25, 0.3) is 0 Å². The van der Waals surface area contributed by atoms with Crippen LogP contribution in [-0.2, 0) is 28.7 Å². The Hall–Kier alpha value is -2.24. The molecule has 40 heavy (non-hydrogen) atoms. The van der Waals surface area contributed by atoms with Crippen molar-refractivity contribution in [1.29, 1.82) is 0 Å². The van der Waals surface area contributed by atoms with Gasteiger partial charge in [0.1, 0.15) is 17.7 Å². The lowest BCUT2D eigenvalue weighted by Crippen LogP contribution is -2.59. The van der Waals surface area contributed by atoms with Crippen LogP contribution in [0, 0.1) is 11.8 Å². The van der Waals surface area contributed by atoms with Crippen molar-refractivity contribution in [2.45, 2.75) is 93.0 Å². The number of fused-ring (bicyclic) bond motifs is 1. The van der Waals surface area contributed by atoms with Crippen molar-refractivity contribution in [3.05, 3.63) is 25.3 Å². The van der Waals surface area contributed by atoms with Gasteiger partial charge in [-0.2, -0.15) is 0 Å². The third-order valence-corrected chi connectivity index (χ3v) is 9.58. The number of carbonyl (C=O) groups excluding carboxylic acids is 4. The van der Waals surface area contributed by atoms with Crippen LogP contribution in [0.1, 0.15) is 58.3 Å². The second-order valence-corrected chi connectivity index (χ2v) is 12.5. The molecule has 222 valence electrons. The van der Waals surface area contributed by atoms with Gasteiger partial charge < -0.3 is 29.7 Å². The van der Waals surface area contributed by atoms with Gasteiger partial charge in [-0.3, -0.25) is 19.2 Å². The van der Waals surface area contributed by atoms with Crippen molar-refractivity contribution in [3.63, 3.8) is 0 Å². The van der Waals surface area contributed by atoms with Crippen LogP contribution >= 0.6 is 15.9 Å². The Bertz CT molecular complexity index is 1000. The summed E-state index contributed by atoms with van der Waals surface area (Å²) in [4.78, 5) is 56.7. The average molecular weight is 625 g/mol. The van der Waals surface area contributed by atoms with E-state index in [1.165, 1.54) is 4.90 Å². The summed E-state index contributed by atoms with van der Waals surface area (Å²) in [7, 11) is 0. The van der Waals surface area contributed by atoms with E-state index >= 15 is 0 Å². The first kappa shape index (κ1) is 30.7. The normalized spacial score (nSPS) is 31.9. The highest BCUT2D eigenvalue weighted by Crippen LogP contribution is 2.60. The van der Waals surface area contributed by atoms with E-state index in [-0.39, 0.29) is 48.3 Å². The number of β-amino-alcohol motifs (C(OH)–C–C–N with tert-alkyl or cyclic N) is 1. The highest BCUT2D eigenvalue weighted by molar-refractivity contribution is 9.09. The first-order valence-corrected chi connectivity index (χ1v) is 15.3. The number of hydrogen-bond donors (Lipinski definition) is 2. The fraction of sp³-hybridized carbons (Fsp3) is 0.724. The topological polar surface area (TPSA) is 125 Å². The molecule has 4 rings (SSSR count). The molecule has 0 radical (unpaired) electrons. The number of halogens is 1. The standard InChI is InChI=1S/C29H42BrN3O7/c1-4-6-12-21(35)31-17-18(3)39-28(38)22-23-26(36)33(14-15-34)25(29(23)16-20(30)24(22)40-29)27(37)32(13-5-2)19-10-8-7-9-11-19/h4-5,18-20,22-25,34H,1-2,6-17H2,3H3,(H,31,35)/t18-,20?,22-,23+,24-,25-,29+/m1/s1. The van der Waals surface area contributed by atoms with E-state index in [1.54, 1.807) is 19.1 Å². The number of nitrogens with one attached hydrogen (secondary N) is 1. The van der Waals surface area contributed by atoms with Gasteiger partial charge in [0.15, 0.2) is 0 Å². The van der Waals surface area contributed by atoms with Crippen molar-refractivity contribution in [2.24, 2.45) is 11.8 Å². The number of esters is 1. The number of aliphatic hydroxyl groups excluding tert-OH is 1. The molecule has 0 aromatic rings. The Labute approximate surface area is 244 Å². The van der Waals surface area contributed by atoms with Gasteiger partial charge >= 0.3 is 5.97 Å². The summed E-state index contributed by atoms with van der Waals surface area (Å²) >= 11 is 3.66. The number of amides is 3. The summed E-state index contributed by atoms with van der Waals surface area (Å²) in [6.45, 7) is 9.28. The molecule has 7 atom stereocenters. The molecule has 3 saturated heterocycles. The van der Waals surface area contributed by atoms with Gasteiger partial charge in [0.05, 0.1) is 31.1 Å². The lowest BCUT2D eigenvalue weighted by atomic mass is 9.70. The summed E-state index contributed by atoms with van der Waals surface area (Å²) in [5.74, 6) is -3.16. The zero-order chi connectivity index (χ0) is 29.0. The molecule has 1 spiro atoms. The Kier molecular flexibility index (Phi) is 10.1. The fourth-order valence-electron chi connectivity index (χ4n) is 7.03. The van der Waals surface area contributed by atoms with Crippen LogP contribution in [0.2, 0.25) is 0 Å². The molecular formula is C29H42BrN3O7. The zero-order valence-corrected chi connectivity index (χ0v) is 24.9. The number of rotatable bonds is 13. The van der Waals surface area contributed by atoms with Gasteiger partial charge in [0.25, 0.3) is 0 Å². The minimum atomic E-state index is -1.21. The number of alkyl halides is 1. The SMILES string of the molecule is C=CCCC(=O)NC[C@@H](C)OC(=O)[C@H]1[C@@H]2O[C@@]3(CC2Br)[C@@H]1C(=O)N(CCO)[C@@H]3C(=O)N(CC=C)C1CCCCC1. The Balaban J connectivity index is 1.57. The van der Waals surface area contributed by atoms with E-state index in [2.05, 4.69) is 34.4 Å². The van der Waals surface area contributed by atoms with Crippen LogP contribution in [-0.4, -0.2) is 99.6 Å². The smallest absolute Gasteiger partial charge is 0.312 e. The van der Waals surface area contributed by atoms with Crippen molar-refractivity contribution in [3.8, 4) is 0 Å². The lowest BCUT2D eigenvalue weighted by molar-refractivity contribution is -0.159. The maximum absolute atomic E-state index is 14.3. The Morgan fingerprint density at radius 2 is 2.00 bits per heavy atom. The van der Waals surface area contributed by atoms with Gasteiger partial charge in [-0.15, -0.1) is 13.2 Å². The van der Waals surface area contributed by atoms with E-state index in [0.29, 0.717) is 25.8 Å². The zero-order valence-electron chi connectivity index (χ0n) is 23.3. The summed E-state index contributed by atoms with van der Waals surface area (Å²) in [5.41, 5.74) is -1.21. The molecular weight excluding hydrogens is 582 g/mol. The van der Waals surface area contributed by atoms with Crippen molar-refractivity contribution < 1.29 is 33.8 Å². The Morgan fingerprint density at radius 3 is 2.65 bits per heavy atom. The number of carbonyl (C=O) groups is 4. The summed E-state index contributed by atoms with van der Waals surface area (Å²) in [5, 5.41) is 12.6. The van der Waals surface area contributed by atoms with E-state index in [4.69, 9.17) is 9.47 Å². The number of nitrogens with zero attached hydrogens (tertiary/aromatic N) is 2. The van der Waals surface area contributed by atoms with Crippen LogP contribution in [0.3, 0.4) is 0 Å². The van der Waals surface area contributed by atoms with Gasteiger partial charge in [-0.05, 0) is 32.6 Å². The summed E-state index contributed by atoms with van der Waals surface area (Å²) < 4.78 is 12.2. The molecule has 1 saturated carbocycles. The van der Waals surface area contributed by atoms with Gasteiger partial charge in [0, 0.05) is 30.4 Å². The summed E-state index contributed by atoms with van der Waals surface area (Å²) in [6, 6.07) is -0.911. The second kappa shape index (κ2) is 13.2. The maximum Gasteiger partial charge on any atom is 0.312 e. The molecule has 2 bridgehead atoms. The number of allylic oxidation sites excluding steroid dienone is 1. The first-order valence-electron chi connectivity index (χ1n) is 14.4. The predicted molar refractivity (Wildman–Crippen MR) is 151 cm³/mol. The van der Waals surface area contributed by atoms with Crippen LogP contribution in [0.15, 0.2) is 25.3 Å². The monoisotopic (exact) mass is 623 g/mol. The molecule has 1 aliphatic carbocycles. The van der Waals surface area contributed by atoms with Gasteiger partial charge in [0.2, 0.25) is 17.7 Å². The van der Waals surface area contributed by atoms with Crippen molar-refractivity contribution in [1.82, 2.24) is 15.1 Å². The third kappa shape index (κ3) is 5.74. The molecule has 1 unspecified atom stereocenters. The van der Waals surface area contributed by atoms with Crippen LogP contribution in [0.5, 0.6) is 0 Å². The Morgan fingerprint density at radius 1 is 1.27 bits per heavy atom. The molecule has 2 N–H and O–H groups in total. The minimum absolute atomic E-state index is 0.0318. The minimum Gasteiger partial charge on any atom is -0.460 e. The third-order valence-electron chi connectivity index (χ3n) is 8.74. The molecule has 11 heteroatoms. The molecule has 3 amide bonds. The highest BCUT2D eigenvalue weighted by Gasteiger charge is 2.77. The van der Waals surface area contributed by atoms with E-state index in [1.807, 2.05) is 4.90 Å². The van der Waals surface area contributed by atoms with Crippen molar-refractivity contribution >= 4 is 39.6 Å². The van der Waals surface area contributed by atoms with Crippen LogP contribution < -0.4 is 5.32 Å². The van der Waals surface area contributed by atoms with Crippen molar-refractivity contribution in [2.75, 3.05) is 26.2 Å². The molecule has 10 nitrogen and oxygen atoms in total. The molecule has 3 heterocycles. The number of aliphatic hydroxyl groups is 1. The quantitative estimate of drug-likeness (QED) is 0.183. The molecule has 4 aliphatic rings. The first-order chi connectivity index (χ1) is 19.2. The molecule has 3 aliphatic heterocycles. The fourth-order valence-corrected chi connectivity index (χ4v) is 7.97. The largest absolute Gasteiger partial charge is 0.460 e. The van der Waals surface area contributed by atoms with Crippen LogP contribution in [0.4, 0.5) is 0 Å². The van der Waals surface area contributed by atoms with Gasteiger partial charge in [-0.1, -0.05) is 47.3 Å². The lowest BCUT2D eigenvalue weighted by Gasteiger charge is -2.40. The molecule has 0 aromatic carbocycles. The predicted octanol–water partition coefficient (Wildman–Crippen LogP) is 2.09. The summed E-state index contributed by atoms with van der Waals surface area (Å²) in [6.07, 6.45) is 8.31. The maximum atomic E-state index is 14.3. The number of ether oxygens (including phenoxy) is 2. The average Bonchev–Trinajstić information content (AvgIpc) is 3.53. The number of likely N-dealkylation sites (tertiary alicyclic amines) is 1. The van der Waals surface area contributed by atoms with E-state index in [9.17, 15) is 24.3 Å². The molecule has 4 fully saturated rings. The second-order valence-electron chi connectivity index (χ2n) is 11.4. The molecule has 0 aromatic heterocycles. The van der Waals surface area contributed by atoms with E-state index < -0.39 is 41.7 Å². The van der Waals surface area contributed by atoms with E-state index in [0.717, 1.165) is 32.1 Å². The number of hydrogen-bond acceptors (Lipinski definition) is 7. The highest BCUT2D eigenvalue weighted by atomic mass is 79.9. The van der Waals surface area contributed by atoms with Gasteiger partial charge in [-0.25, -0.2) is 0 Å².